The quantitative estimate of drug-likeness (QED) is 0.806. The van der Waals surface area contributed by atoms with Crippen LogP contribution in [-0.2, 0) is 0 Å². The van der Waals surface area contributed by atoms with Crippen molar-refractivity contribution in [1.29, 1.82) is 0 Å². The highest BCUT2D eigenvalue weighted by atomic mass is 32.2. The molecule has 0 aromatic carbocycles. The number of rotatable bonds is 5. The fraction of sp³-hybridized carbons (Fsp3) is 1.00. The Bertz CT molecular complexity index is 192. The van der Waals surface area contributed by atoms with Gasteiger partial charge in [0, 0.05) is 36.2 Å². The zero-order chi connectivity index (χ0) is 12.1. The molecule has 96 valence electrons. The number of nitrogens with zero attached hydrogens (tertiary/aromatic N) is 1. The van der Waals surface area contributed by atoms with E-state index in [4.69, 9.17) is 5.73 Å². The SMILES string of the molecule is CCC(CC)C(CN)N1CCSC(C)C1C. The molecule has 3 atom stereocenters. The number of nitrogens with two attached hydrogens (primary N) is 1. The predicted molar refractivity (Wildman–Crippen MR) is 75.0 cm³/mol. The minimum Gasteiger partial charge on any atom is -0.329 e. The van der Waals surface area contributed by atoms with E-state index in [0.29, 0.717) is 12.1 Å². The van der Waals surface area contributed by atoms with Crippen LogP contribution in [0.15, 0.2) is 0 Å². The molecule has 0 saturated carbocycles. The maximum atomic E-state index is 6.01. The number of hydrogen-bond donors (Lipinski definition) is 1. The second-order valence-corrected chi connectivity index (χ2v) is 6.42. The van der Waals surface area contributed by atoms with E-state index in [-0.39, 0.29) is 0 Å². The van der Waals surface area contributed by atoms with Crippen molar-refractivity contribution >= 4 is 11.8 Å². The summed E-state index contributed by atoms with van der Waals surface area (Å²) in [6.45, 7) is 11.3. The second kappa shape index (κ2) is 6.87. The lowest BCUT2D eigenvalue weighted by molar-refractivity contribution is 0.102. The monoisotopic (exact) mass is 244 g/mol. The van der Waals surface area contributed by atoms with Gasteiger partial charge in [-0.25, -0.2) is 0 Å². The molecule has 1 saturated heterocycles. The summed E-state index contributed by atoms with van der Waals surface area (Å²) in [6, 6.07) is 1.27. The van der Waals surface area contributed by atoms with Gasteiger partial charge < -0.3 is 5.73 Å². The van der Waals surface area contributed by atoms with E-state index >= 15 is 0 Å². The van der Waals surface area contributed by atoms with Crippen LogP contribution in [0.25, 0.3) is 0 Å². The first-order valence-corrected chi connectivity index (χ1v) is 7.77. The van der Waals surface area contributed by atoms with E-state index in [0.717, 1.165) is 17.7 Å². The van der Waals surface area contributed by atoms with Gasteiger partial charge in [0.15, 0.2) is 0 Å². The van der Waals surface area contributed by atoms with Gasteiger partial charge >= 0.3 is 0 Å². The van der Waals surface area contributed by atoms with Gasteiger partial charge in [-0.2, -0.15) is 11.8 Å². The average molecular weight is 244 g/mol. The summed E-state index contributed by atoms with van der Waals surface area (Å²) < 4.78 is 0. The Morgan fingerprint density at radius 1 is 1.31 bits per heavy atom. The van der Waals surface area contributed by atoms with Gasteiger partial charge in [0.25, 0.3) is 0 Å². The van der Waals surface area contributed by atoms with Crippen LogP contribution in [0.5, 0.6) is 0 Å². The fourth-order valence-corrected chi connectivity index (χ4v) is 3.98. The van der Waals surface area contributed by atoms with Gasteiger partial charge in [-0.3, -0.25) is 4.90 Å². The molecular formula is C13H28N2S. The summed E-state index contributed by atoms with van der Waals surface area (Å²) in [7, 11) is 0. The van der Waals surface area contributed by atoms with Crippen LogP contribution in [0.1, 0.15) is 40.5 Å². The maximum Gasteiger partial charge on any atom is 0.0250 e. The van der Waals surface area contributed by atoms with Crippen molar-refractivity contribution in [2.75, 3.05) is 18.8 Å². The smallest absolute Gasteiger partial charge is 0.0250 e. The third-order valence-corrected chi connectivity index (χ3v) is 5.53. The van der Waals surface area contributed by atoms with Crippen molar-refractivity contribution < 1.29 is 0 Å². The molecule has 0 aliphatic carbocycles. The molecule has 2 N–H and O–H groups in total. The van der Waals surface area contributed by atoms with Gasteiger partial charge in [-0.15, -0.1) is 0 Å². The largest absolute Gasteiger partial charge is 0.329 e. The van der Waals surface area contributed by atoms with E-state index in [9.17, 15) is 0 Å². The van der Waals surface area contributed by atoms with Gasteiger partial charge in [-0.05, 0) is 12.8 Å². The highest BCUT2D eigenvalue weighted by Crippen LogP contribution is 2.29. The van der Waals surface area contributed by atoms with Crippen LogP contribution in [-0.4, -0.2) is 41.1 Å². The molecule has 1 rings (SSSR count). The Hall–Kier alpha value is 0.270. The Morgan fingerprint density at radius 3 is 2.44 bits per heavy atom. The van der Waals surface area contributed by atoms with Gasteiger partial charge in [0.05, 0.1) is 0 Å². The molecule has 0 aromatic heterocycles. The summed E-state index contributed by atoms with van der Waals surface area (Å²) in [5.41, 5.74) is 6.01. The normalized spacial score (nSPS) is 29.6. The van der Waals surface area contributed by atoms with Crippen LogP contribution >= 0.6 is 11.8 Å². The van der Waals surface area contributed by atoms with Crippen LogP contribution in [0.2, 0.25) is 0 Å². The Labute approximate surface area is 105 Å². The molecule has 0 aromatic rings. The molecule has 0 spiro atoms. The van der Waals surface area contributed by atoms with E-state index < -0.39 is 0 Å². The molecule has 1 aliphatic heterocycles. The highest BCUT2D eigenvalue weighted by Gasteiger charge is 2.32. The third kappa shape index (κ3) is 3.14. The van der Waals surface area contributed by atoms with Crippen LogP contribution in [0, 0.1) is 5.92 Å². The molecule has 3 unspecified atom stereocenters. The lowest BCUT2D eigenvalue weighted by atomic mass is 9.91. The Balaban J connectivity index is 2.70. The Kier molecular flexibility index (Phi) is 6.16. The molecule has 1 aliphatic rings. The molecular weight excluding hydrogens is 216 g/mol. The van der Waals surface area contributed by atoms with Crippen molar-refractivity contribution in [3.05, 3.63) is 0 Å². The molecule has 0 bridgehead atoms. The number of thioether (sulfide) groups is 1. The molecule has 0 amide bonds. The first-order chi connectivity index (χ1) is 7.65. The van der Waals surface area contributed by atoms with E-state index in [1.165, 1.54) is 25.1 Å². The third-order valence-electron chi connectivity index (χ3n) is 4.19. The zero-order valence-corrected chi connectivity index (χ0v) is 12.1. The van der Waals surface area contributed by atoms with Crippen molar-refractivity contribution in [2.24, 2.45) is 11.7 Å². The summed E-state index contributed by atoms with van der Waals surface area (Å²) in [5, 5.41) is 0.747. The topological polar surface area (TPSA) is 29.3 Å². The van der Waals surface area contributed by atoms with Crippen molar-refractivity contribution in [3.63, 3.8) is 0 Å². The molecule has 1 heterocycles. The predicted octanol–water partition coefficient (Wildman–Crippen LogP) is 2.58. The summed E-state index contributed by atoms with van der Waals surface area (Å²) in [4.78, 5) is 2.67. The Morgan fingerprint density at radius 2 is 1.94 bits per heavy atom. The molecule has 0 radical (unpaired) electrons. The van der Waals surface area contributed by atoms with Crippen LogP contribution in [0.4, 0.5) is 0 Å². The first-order valence-electron chi connectivity index (χ1n) is 6.73. The molecule has 2 nitrogen and oxygen atoms in total. The van der Waals surface area contributed by atoms with Crippen molar-refractivity contribution in [3.8, 4) is 0 Å². The van der Waals surface area contributed by atoms with E-state index in [2.05, 4.69) is 44.4 Å². The maximum absolute atomic E-state index is 6.01. The molecule has 3 heteroatoms. The van der Waals surface area contributed by atoms with Gasteiger partial charge in [-0.1, -0.05) is 33.6 Å². The minimum absolute atomic E-state index is 0.591. The number of hydrogen-bond acceptors (Lipinski definition) is 3. The summed E-state index contributed by atoms with van der Waals surface area (Å²) in [6.07, 6.45) is 2.51. The second-order valence-electron chi connectivity index (χ2n) is 4.93. The zero-order valence-electron chi connectivity index (χ0n) is 11.3. The average Bonchev–Trinajstić information content (AvgIpc) is 2.30. The highest BCUT2D eigenvalue weighted by molar-refractivity contribution is 8.00. The lowest BCUT2D eigenvalue weighted by Crippen LogP contribution is -2.55. The summed E-state index contributed by atoms with van der Waals surface area (Å²) >= 11 is 2.10. The molecule has 16 heavy (non-hydrogen) atoms. The van der Waals surface area contributed by atoms with E-state index in [1.54, 1.807) is 0 Å². The fourth-order valence-electron chi connectivity index (χ4n) is 2.86. The first kappa shape index (κ1) is 14.3. The lowest BCUT2D eigenvalue weighted by Gasteiger charge is -2.45. The summed E-state index contributed by atoms with van der Waals surface area (Å²) in [5.74, 6) is 2.03. The standard InChI is InChI=1S/C13H28N2S/c1-5-12(6-2)13(9-14)15-7-8-16-11(4)10(15)3/h10-13H,5-9,14H2,1-4H3. The van der Waals surface area contributed by atoms with Crippen LogP contribution < -0.4 is 5.73 Å². The van der Waals surface area contributed by atoms with Crippen molar-refractivity contribution in [1.82, 2.24) is 4.90 Å². The van der Waals surface area contributed by atoms with Gasteiger partial charge in [0.2, 0.25) is 0 Å². The van der Waals surface area contributed by atoms with Crippen LogP contribution in [0.3, 0.4) is 0 Å². The van der Waals surface area contributed by atoms with E-state index in [1.807, 2.05) is 0 Å². The van der Waals surface area contributed by atoms with Gasteiger partial charge in [0.1, 0.15) is 0 Å². The van der Waals surface area contributed by atoms with Crippen molar-refractivity contribution in [2.45, 2.75) is 57.9 Å². The molecule has 1 fully saturated rings. The minimum atomic E-state index is 0.591.